The minimum Gasteiger partial charge on any atom is -0.337 e. The Bertz CT molecular complexity index is 925. The minimum absolute atomic E-state index is 0.137. The summed E-state index contributed by atoms with van der Waals surface area (Å²) in [5, 5.41) is 17.3. The van der Waals surface area contributed by atoms with E-state index in [2.05, 4.69) is 33.4 Å². The number of hydrogen-bond donors (Lipinski definition) is 1. The molecule has 1 aliphatic carbocycles. The van der Waals surface area contributed by atoms with Gasteiger partial charge in [-0.05, 0) is 52.0 Å². The molecule has 1 unspecified atom stereocenters. The van der Waals surface area contributed by atoms with Crippen LogP contribution >= 0.6 is 11.8 Å². The molecule has 0 bridgehead atoms. The van der Waals surface area contributed by atoms with Gasteiger partial charge in [0.2, 0.25) is 11.1 Å². The molecular formula is C21H30N6OS. The smallest absolute Gasteiger partial charge is 0.253 e. The van der Waals surface area contributed by atoms with Crippen molar-refractivity contribution >= 4 is 23.4 Å². The van der Waals surface area contributed by atoms with Gasteiger partial charge in [0, 0.05) is 11.4 Å². The van der Waals surface area contributed by atoms with E-state index in [-0.39, 0.29) is 11.2 Å². The molecule has 156 valence electrons. The van der Waals surface area contributed by atoms with Crippen LogP contribution in [0.3, 0.4) is 0 Å². The average Bonchev–Trinajstić information content (AvgIpc) is 3.11. The molecule has 1 fully saturated rings. The van der Waals surface area contributed by atoms with Gasteiger partial charge in [-0.3, -0.25) is 4.79 Å². The molecule has 2 aromatic heterocycles. The zero-order valence-corrected chi connectivity index (χ0v) is 18.6. The lowest BCUT2D eigenvalue weighted by molar-refractivity contribution is -0.121. The van der Waals surface area contributed by atoms with E-state index in [1.165, 1.54) is 17.3 Å². The van der Waals surface area contributed by atoms with Crippen LogP contribution in [0.15, 0.2) is 5.16 Å². The van der Waals surface area contributed by atoms with Gasteiger partial charge in [0.1, 0.15) is 5.54 Å². The van der Waals surface area contributed by atoms with Gasteiger partial charge in [0.05, 0.1) is 11.3 Å². The molecule has 2 heterocycles. The summed E-state index contributed by atoms with van der Waals surface area (Å²) in [6, 6.07) is 2.34. The van der Waals surface area contributed by atoms with Crippen LogP contribution in [-0.2, 0) is 11.2 Å². The summed E-state index contributed by atoms with van der Waals surface area (Å²) in [5.74, 6) is 0.429. The number of aromatic nitrogens is 4. The minimum atomic E-state index is -0.722. The fourth-order valence-corrected chi connectivity index (χ4v) is 4.67. The lowest BCUT2D eigenvalue weighted by atomic mass is 9.83. The van der Waals surface area contributed by atoms with Crippen molar-refractivity contribution in [2.45, 2.75) is 95.0 Å². The van der Waals surface area contributed by atoms with Crippen LogP contribution in [0.2, 0.25) is 0 Å². The zero-order valence-electron chi connectivity index (χ0n) is 17.8. The molecule has 2 aromatic rings. The van der Waals surface area contributed by atoms with E-state index in [9.17, 15) is 10.1 Å². The van der Waals surface area contributed by atoms with Crippen molar-refractivity contribution < 1.29 is 4.79 Å². The van der Waals surface area contributed by atoms with E-state index in [1.807, 2.05) is 20.8 Å². The number of hydrogen-bond acceptors (Lipinski definition) is 6. The Kier molecular flexibility index (Phi) is 6.78. The van der Waals surface area contributed by atoms with Crippen LogP contribution in [0, 0.1) is 25.2 Å². The maximum Gasteiger partial charge on any atom is 0.253 e. The van der Waals surface area contributed by atoms with E-state index in [0.29, 0.717) is 10.9 Å². The summed E-state index contributed by atoms with van der Waals surface area (Å²) in [7, 11) is 0. The standard InChI is InChI=1S/C21H30N6OS/c1-5-6-10-17-14(2)23-19-24-20(26-27(19)15(17)3)29-16(4)18(28)25-21(13-22)11-8-7-9-12-21/h16H,5-12H2,1-4H3,(H,25,28). The van der Waals surface area contributed by atoms with Gasteiger partial charge in [-0.25, -0.2) is 9.50 Å². The Labute approximate surface area is 176 Å². The highest BCUT2D eigenvalue weighted by molar-refractivity contribution is 8.00. The van der Waals surface area contributed by atoms with Gasteiger partial charge >= 0.3 is 0 Å². The van der Waals surface area contributed by atoms with Crippen LogP contribution in [-0.4, -0.2) is 36.3 Å². The maximum absolute atomic E-state index is 12.7. The number of thioether (sulfide) groups is 1. The molecule has 7 nitrogen and oxygen atoms in total. The number of unbranched alkanes of at least 4 members (excludes halogenated alkanes) is 1. The molecule has 1 aliphatic rings. The molecule has 0 aliphatic heterocycles. The van der Waals surface area contributed by atoms with Crippen molar-refractivity contribution in [3.05, 3.63) is 17.0 Å². The van der Waals surface area contributed by atoms with Crippen LogP contribution in [0.5, 0.6) is 0 Å². The molecule has 0 spiro atoms. The van der Waals surface area contributed by atoms with Crippen molar-refractivity contribution in [3.8, 4) is 6.07 Å². The number of nitriles is 1. The van der Waals surface area contributed by atoms with Gasteiger partial charge in [-0.15, -0.1) is 5.10 Å². The first-order chi connectivity index (χ1) is 13.9. The zero-order chi connectivity index (χ0) is 21.0. The second-order valence-corrected chi connectivity index (χ2v) is 9.28. The number of carbonyl (C=O) groups excluding carboxylic acids is 1. The number of rotatable bonds is 7. The van der Waals surface area contributed by atoms with E-state index in [1.54, 1.807) is 4.52 Å². The fraction of sp³-hybridized carbons (Fsp3) is 0.667. The SMILES string of the molecule is CCCCc1c(C)nc2nc(SC(C)C(=O)NC3(C#N)CCCCC3)nn2c1C. The van der Waals surface area contributed by atoms with Gasteiger partial charge in [0.25, 0.3) is 5.78 Å². The first kappa shape index (κ1) is 21.6. The van der Waals surface area contributed by atoms with Gasteiger partial charge in [-0.2, -0.15) is 10.2 Å². The Hall–Kier alpha value is -2.14. The third kappa shape index (κ3) is 4.72. The highest BCUT2D eigenvalue weighted by Gasteiger charge is 2.35. The van der Waals surface area contributed by atoms with Gasteiger partial charge in [-0.1, -0.05) is 44.4 Å². The van der Waals surface area contributed by atoms with Crippen LogP contribution in [0.1, 0.15) is 75.7 Å². The number of fused-ring (bicyclic) bond motifs is 1. The van der Waals surface area contributed by atoms with Gasteiger partial charge < -0.3 is 5.32 Å². The van der Waals surface area contributed by atoms with E-state index in [0.717, 1.165) is 62.8 Å². The number of carbonyl (C=O) groups is 1. The molecule has 1 atom stereocenters. The summed E-state index contributed by atoms with van der Waals surface area (Å²) in [5.41, 5.74) is 2.55. The molecule has 0 saturated heterocycles. The second kappa shape index (κ2) is 9.12. The number of nitrogens with zero attached hydrogens (tertiary/aromatic N) is 5. The molecule has 1 saturated carbocycles. The number of amides is 1. The summed E-state index contributed by atoms with van der Waals surface area (Å²) in [6.07, 6.45) is 7.76. The largest absolute Gasteiger partial charge is 0.337 e. The summed E-state index contributed by atoms with van der Waals surface area (Å²) in [6.45, 7) is 8.07. The van der Waals surface area contributed by atoms with Crippen molar-refractivity contribution in [2.24, 2.45) is 0 Å². The monoisotopic (exact) mass is 414 g/mol. The van der Waals surface area contributed by atoms with Crippen molar-refractivity contribution in [3.63, 3.8) is 0 Å². The van der Waals surface area contributed by atoms with Crippen molar-refractivity contribution in [1.29, 1.82) is 5.26 Å². The topological polar surface area (TPSA) is 96.0 Å². The molecule has 8 heteroatoms. The molecular weight excluding hydrogens is 384 g/mol. The summed E-state index contributed by atoms with van der Waals surface area (Å²) < 4.78 is 1.78. The van der Waals surface area contributed by atoms with Crippen LogP contribution in [0.25, 0.3) is 5.78 Å². The first-order valence-corrected chi connectivity index (χ1v) is 11.4. The lowest BCUT2D eigenvalue weighted by Gasteiger charge is -2.32. The maximum atomic E-state index is 12.7. The molecule has 3 rings (SSSR count). The predicted molar refractivity (Wildman–Crippen MR) is 114 cm³/mol. The number of aryl methyl sites for hydroxylation is 2. The Balaban J connectivity index is 1.74. The molecule has 1 amide bonds. The first-order valence-electron chi connectivity index (χ1n) is 10.5. The average molecular weight is 415 g/mol. The van der Waals surface area contributed by atoms with E-state index < -0.39 is 5.54 Å². The van der Waals surface area contributed by atoms with E-state index in [4.69, 9.17) is 0 Å². The fourth-order valence-electron chi connectivity index (χ4n) is 3.92. The Morgan fingerprint density at radius 1 is 1.31 bits per heavy atom. The lowest BCUT2D eigenvalue weighted by Crippen LogP contribution is -2.50. The van der Waals surface area contributed by atoms with Crippen LogP contribution in [0.4, 0.5) is 0 Å². The third-order valence-electron chi connectivity index (χ3n) is 5.74. The summed E-state index contributed by atoms with van der Waals surface area (Å²) in [4.78, 5) is 21.9. The van der Waals surface area contributed by atoms with Gasteiger partial charge in [0.15, 0.2) is 0 Å². The van der Waals surface area contributed by atoms with Crippen molar-refractivity contribution in [1.82, 2.24) is 24.9 Å². The highest BCUT2D eigenvalue weighted by Crippen LogP contribution is 2.29. The van der Waals surface area contributed by atoms with Crippen LogP contribution < -0.4 is 5.32 Å². The third-order valence-corrected chi connectivity index (χ3v) is 6.70. The predicted octanol–water partition coefficient (Wildman–Crippen LogP) is 3.91. The second-order valence-electron chi connectivity index (χ2n) is 7.97. The van der Waals surface area contributed by atoms with Crippen molar-refractivity contribution in [2.75, 3.05) is 0 Å². The normalized spacial score (nSPS) is 17.1. The summed E-state index contributed by atoms with van der Waals surface area (Å²) >= 11 is 1.31. The molecule has 1 N–H and O–H groups in total. The molecule has 0 radical (unpaired) electrons. The Morgan fingerprint density at radius 2 is 2.03 bits per heavy atom. The quantitative estimate of drug-likeness (QED) is 0.690. The molecule has 0 aromatic carbocycles. The Morgan fingerprint density at radius 3 is 2.69 bits per heavy atom. The molecule has 29 heavy (non-hydrogen) atoms. The van der Waals surface area contributed by atoms with E-state index >= 15 is 0 Å². The number of nitrogens with one attached hydrogen (secondary N) is 1. The highest BCUT2D eigenvalue weighted by atomic mass is 32.2.